The van der Waals surface area contributed by atoms with Crippen molar-refractivity contribution >= 4 is 28.7 Å². The highest BCUT2D eigenvalue weighted by molar-refractivity contribution is 7.98. The van der Waals surface area contributed by atoms with E-state index < -0.39 is 0 Å². The summed E-state index contributed by atoms with van der Waals surface area (Å²) in [6.07, 6.45) is 0.789. The number of amides is 1. The lowest BCUT2D eigenvalue weighted by molar-refractivity contribution is 0.0733. The fourth-order valence-corrected chi connectivity index (χ4v) is 5.11. The molecule has 1 amide bonds. The fourth-order valence-electron chi connectivity index (χ4n) is 4.23. The summed E-state index contributed by atoms with van der Waals surface area (Å²) in [6, 6.07) is 19.8. The molecule has 0 fully saturated rings. The molecule has 0 saturated heterocycles. The number of imidazole rings is 1. The van der Waals surface area contributed by atoms with Crippen molar-refractivity contribution in [3.63, 3.8) is 0 Å². The quantitative estimate of drug-likeness (QED) is 0.408. The number of methoxy groups -OCH3 is 2. The third-order valence-corrected chi connectivity index (χ3v) is 6.91. The lowest BCUT2D eigenvalue weighted by Gasteiger charge is -2.30. The van der Waals surface area contributed by atoms with Crippen LogP contribution in [0.1, 0.15) is 27.0 Å². The largest absolute Gasteiger partial charge is 0.493 e. The first-order valence-electron chi connectivity index (χ1n) is 10.8. The summed E-state index contributed by atoms with van der Waals surface area (Å²) in [5, 5.41) is 0.853. The molecule has 1 aliphatic heterocycles. The van der Waals surface area contributed by atoms with E-state index >= 15 is 0 Å². The normalized spacial score (nSPS) is 13.1. The van der Waals surface area contributed by atoms with Crippen LogP contribution in [0.2, 0.25) is 0 Å². The maximum atomic E-state index is 13.5. The van der Waals surface area contributed by atoms with Gasteiger partial charge in [-0.2, -0.15) is 0 Å². The van der Waals surface area contributed by atoms with E-state index in [2.05, 4.69) is 9.97 Å². The van der Waals surface area contributed by atoms with Crippen molar-refractivity contribution in [1.82, 2.24) is 14.9 Å². The zero-order valence-electron chi connectivity index (χ0n) is 18.6. The maximum Gasteiger partial charge on any atom is 0.254 e. The molecule has 2 heterocycles. The van der Waals surface area contributed by atoms with Gasteiger partial charge in [0, 0.05) is 24.4 Å². The molecule has 4 aromatic rings. The molecular formula is C26H25N3O3S. The van der Waals surface area contributed by atoms with Gasteiger partial charge in [-0.3, -0.25) is 4.79 Å². The Morgan fingerprint density at radius 1 is 1.03 bits per heavy atom. The van der Waals surface area contributed by atoms with Gasteiger partial charge in [-0.25, -0.2) is 4.98 Å². The minimum atomic E-state index is 0.0521. The summed E-state index contributed by atoms with van der Waals surface area (Å²) in [5.74, 6) is 2.13. The first-order valence-corrected chi connectivity index (χ1v) is 11.8. The number of H-pyrrole nitrogens is 1. The average molecular weight is 460 g/mol. The van der Waals surface area contributed by atoms with Crippen LogP contribution in [0, 0.1) is 0 Å². The van der Waals surface area contributed by atoms with Crippen LogP contribution in [-0.2, 0) is 18.7 Å². The van der Waals surface area contributed by atoms with E-state index in [1.165, 1.54) is 5.56 Å². The number of aromatic nitrogens is 2. The predicted octanol–water partition coefficient (Wildman–Crippen LogP) is 5.07. The Kier molecular flexibility index (Phi) is 5.96. The van der Waals surface area contributed by atoms with Crippen LogP contribution in [0.25, 0.3) is 11.0 Å². The second-order valence-electron chi connectivity index (χ2n) is 7.96. The van der Waals surface area contributed by atoms with Gasteiger partial charge in [0.1, 0.15) is 0 Å². The van der Waals surface area contributed by atoms with Gasteiger partial charge in [-0.1, -0.05) is 42.1 Å². The number of thioether (sulfide) groups is 1. The number of fused-ring (bicyclic) bond motifs is 2. The van der Waals surface area contributed by atoms with Gasteiger partial charge in [0.05, 0.1) is 25.3 Å². The number of ether oxygens (including phenoxy) is 2. The van der Waals surface area contributed by atoms with Gasteiger partial charge in [0.25, 0.3) is 5.91 Å². The van der Waals surface area contributed by atoms with Crippen LogP contribution in [0.4, 0.5) is 0 Å². The van der Waals surface area contributed by atoms with E-state index in [1.54, 1.807) is 26.0 Å². The molecule has 3 aromatic carbocycles. The molecule has 0 bridgehead atoms. The Morgan fingerprint density at radius 2 is 1.76 bits per heavy atom. The summed E-state index contributed by atoms with van der Waals surface area (Å²) in [5.41, 5.74) is 6.01. The minimum absolute atomic E-state index is 0.0521. The molecule has 7 heteroatoms. The highest BCUT2D eigenvalue weighted by Gasteiger charge is 2.25. The Labute approximate surface area is 196 Å². The van der Waals surface area contributed by atoms with Crippen molar-refractivity contribution in [3.8, 4) is 11.5 Å². The molecule has 0 spiro atoms. The van der Waals surface area contributed by atoms with Gasteiger partial charge in [-0.05, 0) is 53.4 Å². The molecule has 5 rings (SSSR count). The Hall–Kier alpha value is -3.45. The lowest BCUT2D eigenvalue weighted by Crippen LogP contribution is -2.36. The standard InChI is InChI=1S/C26H25N3O3S/c1-31-23-13-17-11-12-29(15-19(17)14-24(23)32-2)25(30)20-8-4-3-7-18(20)16-33-26-27-21-9-5-6-10-22(21)28-26/h3-10,13-14H,11-12,15-16H2,1-2H3,(H,27,28). The van der Waals surface area contributed by atoms with Crippen molar-refractivity contribution in [2.45, 2.75) is 23.9 Å². The maximum absolute atomic E-state index is 13.5. The van der Waals surface area contributed by atoms with E-state index in [9.17, 15) is 4.79 Å². The Bertz CT molecular complexity index is 1280. The van der Waals surface area contributed by atoms with Crippen LogP contribution in [0.15, 0.2) is 65.8 Å². The molecule has 168 valence electrons. The molecule has 0 atom stereocenters. The molecule has 0 aliphatic carbocycles. The van der Waals surface area contributed by atoms with Crippen LogP contribution in [0.5, 0.6) is 11.5 Å². The smallest absolute Gasteiger partial charge is 0.254 e. The fraction of sp³-hybridized carbons (Fsp3) is 0.231. The molecule has 33 heavy (non-hydrogen) atoms. The number of aromatic amines is 1. The molecule has 6 nitrogen and oxygen atoms in total. The number of benzene rings is 3. The lowest BCUT2D eigenvalue weighted by atomic mass is 9.97. The second kappa shape index (κ2) is 9.19. The number of nitrogens with zero attached hydrogens (tertiary/aromatic N) is 2. The van der Waals surface area contributed by atoms with Crippen molar-refractivity contribution in [1.29, 1.82) is 0 Å². The van der Waals surface area contributed by atoms with E-state index in [0.29, 0.717) is 24.6 Å². The summed E-state index contributed by atoms with van der Waals surface area (Å²) in [6.45, 7) is 1.23. The number of hydrogen-bond acceptors (Lipinski definition) is 5. The number of carbonyl (C=O) groups excluding carboxylic acids is 1. The molecule has 1 aliphatic rings. The zero-order valence-corrected chi connectivity index (χ0v) is 19.4. The van der Waals surface area contributed by atoms with Crippen molar-refractivity contribution in [2.24, 2.45) is 0 Å². The first-order chi connectivity index (χ1) is 16.2. The predicted molar refractivity (Wildman–Crippen MR) is 130 cm³/mol. The molecule has 0 radical (unpaired) electrons. The van der Waals surface area contributed by atoms with Gasteiger partial charge < -0.3 is 19.4 Å². The second-order valence-corrected chi connectivity index (χ2v) is 8.92. The third kappa shape index (κ3) is 4.28. The number of rotatable bonds is 6. The van der Waals surface area contributed by atoms with Crippen molar-refractivity contribution in [3.05, 3.63) is 82.9 Å². The molecular weight excluding hydrogens is 434 g/mol. The van der Waals surface area contributed by atoms with Crippen LogP contribution < -0.4 is 9.47 Å². The van der Waals surface area contributed by atoms with Crippen molar-refractivity contribution in [2.75, 3.05) is 20.8 Å². The summed E-state index contributed by atoms with van der Waals surface area (Å²) < 4.78 is 10.9. The van der Waals surface area contributed by atoms with Gasteiger partial charge in [0.2, 0.25) is 0 Å². The van der Waals surface area contributed by atoms with Gasteiger partial charge in [-0.15, -0.1) is 0 Å². The highest BCUT2D eigenvalue weighted by atomic mass is 32.2. The molecule has 0 unspecified atom stereocenters. The number of nitrogens with one attached hydrogen (secondary N) is 1. The first kappa shape index (κ1) is 21.4. The van der Waals surface area contributed by atoms with Gasteiger partial charge >= 0.3 is 0 Å². The van der Waals surface area contributed by atoms with Crippen molar-refractivity contribution < 1.29 is 14.3 Å². The topological polar surface area (TPSA) is 67.5 Å². The highest BCUT2D eigenvalue weighted by Crippen LogP contribution is 2.34. The van der Waals surface area contributed by atoms with Gasteiger partial charge in [0.15, 0.2) is 16.7 Å². The number of para-hydroxylation sites is 2. The average Bonchev–Trinajstić information content (AvgIpc) is 3.29. The summed E-state index contributed by atoms with van der Waals surface area (Å²) in [4.78, 5) is 23.4. The number of hydrogen-bond donors (Lipinski definition) is 1. The molecule has 1 aromatic heterocycles. The van der Waals surface area contributed by atoms with E-state index in [1.807, 2.05) is 65.6 Å². The van der Waals surface area contributed by atoms with E-state index in [0.717, 1.165) is 45.1 Å². The minimum Gasteiger partial charge on any atom is -0.493 e. The Morgan fingerprint density at radius 3 is 2.55 bits per heavy atom. The van der Waals surface area contributed by atoms with Crippen LogP contribution in [0.3, 0.4) is 0 Å². The van der Waals surface area contributed by atoms with Crippen LogP contribution in [-0.4, -0.2) is 41.5 Å². The SMILES string of the molecule is COc1cc2c(cc1OC)CN(C(=O)c1ccccc1CSc1nc3ccccc3[nH]1)CC2. The van der Waals surface area contributed by atoms with Crippen LogP contribution >= 0.6 is 11.8 Å². The summed E-state index contributed by atoms with van der Waals surface area (Å²) >= 11 is 1.61. The zero-order chi connectivity index (χ0) is 22.8. The third-order valence-electron chi connectivity index (χ3n) is 5.99. The summed E-state index contributed by atoms with van der Waals surface area (Å²) in [7, 11) is 3.27. The monoisotopic (exact) mass is 459 g/mol. The molecule has 0 saturated carbocycles. The Balaban J connectivity index is 1.34. The number of carbonyl (C=O) groups is 1. The van der Waals surface area contributed by atoms with E-state index in [4.69, 9.17) is 9.47 Å². The van der Waals surface area contributed by atoms with E-state index in [-0.39, 0.29) is 5.91 Å². The molecule has 1 N–H and O–H groups in total.